The zero-order chi connectivity index (χ0) is 12.4. The van der Waals surface area contributed by atoms with E-state index in [9.17, 15) is 5.11 Å². The highest BCUT2D eigenvalue weighted by Crippen LogP contribution is 2.32. The van der Waals surface area contributed by atoms with Crippen molar-refractivity contribution in [2.75, 3.05) is 13.1 Å². The molecular formula is C12H16Cl2N2O. The predicted octanol–water partition coefficient (Wildman–Crippen LogP) is 2.62. The summed E-state index contributed by atoms with van der Waals surface area (Å²) in [6.07, 6.45) is 2.16. The van der Waals surface area contributed by atoms with Gasteiger partial charge in [-0.15, -0.1) is 0 Å². The van der Waals surface area contributed by atoms with Crippen LogP contribution in [0.25, 0.3) is 0 Å². The lowest BCUT2D eigenvalue weighted by atomic mass is 10.1. The molecule has 1 unspecified atom stereocenters. The molecule has 2 rings (SSSR count). The molecule has 0 bridgehead atoms. The van der Waals surface area contributed by atoms with Crippen molar-refractivity contribution in [3.63, 3.8) is 0 Å². The summed E-state index contributed by atoms with van der Waals surface area (Å²) in [6.45, 7) is 2.49. The second-order valence-electron chi connectivity index (χ2n) is 4.53. The minimum Gasteiger partial charge on any atom is -0.506 e. The fraction of sp³-hybridized carbons (Fsp3) is 0.500. The summed E-state index contributed by atoms with van der Waals surface area (Å²) in [4.78, 5) is 2.22. The molecule has 0 saturated carbocycles. The maximum Gasteiger partial charge on any atom is 0.138 e. The first kappa shape index (κ1) is 13.0. The topological polar surface area (TPSA) is 49.5 Å². The Hall–Kier alpha value is -0.480. The fourth-order valence-corrected chi connectivity index (χ4v) is 2.75. The molecule has 0 aromatic heterocycles. The zero-order valence-corrected chi connectivity index (χ0v) is 11.0. The molecule has 0 spiro atoms. The van der Waals surface area contributed by atoms with Crippen LogP contribution in [0.3, 0.4) is 0 Å². The van der Waals surface area contributed by atoms with Gasteiger partial charge in [0.25, 0.3) is 0 Å². The van der Waals surface area contributed by atoms with Gasteiger partial charge in [-0.3, -0.25) is 4.90 Å². The number of halogens is 2. The van der Waals surface area contributed by atoms with E-state index in [0.717, 1.165) is 31.5 Å². The molecule has 1 aromatic carbocycles. The summed E-state index contributed by atoms with van der Waals surface area (Å²) in [5, 5.41) is 10.7. The van der Waals surface area contributed by atoms with Gasteiger partial charge in [0, 0.05) is 29.7 Å². The number of phenolic OH excluding ortho intramolecular Hbond substituents is 1. The second-order valence-corrected chi connectivity index (χ2v) is 5.38. The normalized spacial score (nSPS) is 21.7. The molecule has 3 N–H and O–H groups in total. The van der Waals surface area contributed by atoms with E-state index in [1.807, 2.05) is 0 Å². The molecule has 3 nitrogen and oxygen atoms in total. The summed E-state index contributed by atoms with van der Waals surface area (Å²) in [6, 6.07) is 3.52. The van der Waals surface area contributed by atoms with Gasteiger partial charge in [-0.05, 0) is 31.5 Å². The Morgan fingerprint density at radius 1 is 1.41 bits per heavy atom. The lowest BCUT2D eigenvalue weighted by Gasteiger charge is -2.30. The van der Waals surface area contributed by atoms with Gasteiger partial charge in [0.15, 0.2) is 0 Å². The third kappa shape index (κ3) is 3.26. The Morgan fingerprint density at radius 2 is 2.18 bits per heavy atom. The van der Waals surface area contributed by atoms with Crippen LogP contribution >= 0.6 is 23.2 Å². The van der Waals surface area contributed by atoms with Crippen molar-refractivity contribution >= 4 is 23.2 Å². The van der Waals surface area contributed by atoms with Crippen molar-refractivity contribution in [2.24, 2.45) is 5.73 Å². The van der Waals surface area contributed by atoms with E-state index < -0.39 is 0 Å². The van der Waals surface area contributed by atoms with Crippen molar-refractivity contribution in [3.05, 3.63) is 27.7 Å². The van der Waals surface area contributed by atoms with Crippen LogP contribution < -0.4 is 5.73 Å². The molecule has 17 heavy (non-hydrogen) atoms. The van der Waals surface area contributed by atoms with Crippen LogP contribution in [-0.2, 0) is 6.54 Å². The highest BCUT2D eigenvalue weighted by Gasteiger charge is 2.18. The van der Waals surface area contributed by atoms with E-state index in [0.29, 0.717) is 16.6 Å². The molecule has 1 fully saturated rings. The predicted molar refractivity (Wildman–Crippen MR) is 70.6 cm³/mol. The molecule has 1 aliphatic heterocycles. The second kappa shape index (κ2) is 5.44. The number of aromatic hydroxyl groups is 1. The van der Waals surface area contributed by atoms with Gasteiger partial charge in [-0.2, -0.15) is 0 Å². The first-order chi connectivity index (χ1) is 8.06. The van der Waals surface area contributed by atoms with Gasteiger partial charge in [-0.25, -0.2) is 0 Å². The van der Waals surface area contributed by atoms with E-state index in [-0.39, 0.29) is 11.8 Å². The number of rotatable bonds is 2. The number of nitrogens with zero attached hydrogens (tertiary/aromatic N) is 1. The van der Waals surface area contributed by atoms with Gasteiger partial charge in [0.1, 0.15) is 5.75 Å². The quantitative estimate of drug-likeness (QED) is 0.872. The maximum absolute atomic E-state index is 9.87. The van der Waals surface area contributed by atoms with Gasteiger partial charge >= 0.3 is 0 Å². The maximum atomic E-state index is 9.87. The average Bonchev–Trinajstić information content (AvgIpc) is 2.25. The SMILES string of the molecule is NC1CCCN(Cc2cc(Cl)cc(Cl)c2O)C1. The summed E-state index contributed by atoms with van der Waals surface area (Å²) >= 11 is 11.8. The highest BCUT2D eigenvalue weighted by atomic mass is 35.5. The molecule has 0 aliphatic carbocycles. The van der Waals surface area contributed by atoms with Crippen molar-refractivity contribution in [1.82, 2.24) is 4.90 Å². The van der Waals surface area contributed by atoms with Crippen LogP contribution in [0.5, 0.6) is 5.75 Å². The molecule has 94 valence electrons. The summed E-state index contributed by atoms with van der Waals surface area (Å²) in [5.41, 5.74) is 6.68. The summed E-state index contributed by atoms with van der Waals surface area (Å²) in [7, 11) is 0. The summed E-state index contributed by atoms with van der Waals surface area (Å²) in [5.74, 6) is 0.121. The number of benzene rings is 1. The van der Waals surface area contributed by atoms with Crippen LogP contribution in [0.4, 0.5) is 0 Å². The molecule has 1 heterocycles. The number of hydrogen-bond acceptors (Lipinski definition) is 3. The third-order valence-corrected chi connectivity index (χ3v) is 3.55. The van der Waals surface area contributed by atoms with Gasteiger partial charge < -0.3 is 10.8 Å². The molecule has 0 amide bonds. The van der Waals surface area contributed by atoms with Crippen molar-refractivity contribution in [2.45, 2.75) is 25.4 Å². The van der Waals surface area contributed by atoms with Crippen LogP contribution in [0, 0.1) is 0 Å². The number of likely N-dealkylation sites (tertiary alicyclic amines) is 1. The number of phenols is 1. The standard InChI is InChI=1S/C12H16Cl2N2O/c13-9-4-8(12(17)11(14)5-9)6-16-3-1-2-10(15)7-16/h4-5,10,17H,1-3,6-7,15H2. The summed E-state index contributed by atoms with van der Waals surface area (Å²) < 4.78 is 0. The Kier molecular flexibility index (Phi) is 4.15. The zero-order valence-electron chi connectivity index (χ0n) is 9.50. The lowest BCUT2D eigenvalue weighted by Crippen LogP contribution is -2.42. The van der Waals surface area contributed by atoms with E-state index >= 15 is 0 Å². The first-order valence-electron chi connectivity index (χ1n) is 5.71. The molecule has 0 radical (unpaired) electrons. The Bertz CT molecular complexity index is 412. The Balaban J connectivity index is 2.12. The highest BCUT2D eigenvalue weighted by molar-refractivity contribution is 6.35. The molecule has 1 aromatic rings. The van der Waals surface area contributed by atoms with E-state index in [4.69, 9.17) is 28.9 Å². The molecule has 5 heteroatoms. The lowest BCUT2D eigenvalue weighted by molar-refractivity contribution is 0.199. The number of hydrogen-bond donors (Lipinski definition) is 2. The number of piperidine rings is 1. The average molecular weight is 275 g/mol. The van der Waals surface area contributed by atoms with E-state index in [1.165, 1.54) is 0 Å². The Morgan fingerprint density at radius 3 is 2.88 bits per heavy atom. The van der Waals surface area contributed by atoms with E-state index in [1.54, 1.807) is 12.1 Å². The fourth-order valence-electron chi connectivity index (χ4n) is 2.22. The van der Waals surface area contributed by atoms with Gasteiger partial charge in [0.2, 0.25) is 0 Å². The smallest absolute Gasteiger partial charge is 0.138 e. The van der Waals surface area contributed by atoms with Crippen LogP contribution in [-0.4, -0.2) is 29.1 Å². The Labute approximate surface area is 111 Å². The monoisotopic (exact) mass is 274 g/mol. The minimum absolute atomic E-state index is 0.121. The van der Waals surface area contributed by atoms with Gasteiger partial charge in [0.05, 0.1) is 5.02 Å². The first-order valence-corrected chi connectivity index (χ1v) is 6.46. The molecule has 1 atom stereocenters. The van der Waals surface area contributed by atoms with Crippen molar-refractivity contribution in [1.29, 1.82) is 0 Å². The van der Waals surface area contributed by atoms with Crippen molar-refractivity contribution in [3.8, 4) is 5.75 Å². The molecular weight excluding hydrogens is 259 g/mol. The number of nitrogens with two attached hydrogens (primary N) is 1. The largest absolute Gasteiger partial charge is 0.506 e. The van der Waals surface area contributed by atoms with E-state index in [2.05, 4.69) is 4.90 Å². The molecule has 1 aliphatic rings. The third-order valence-electron chi connectivity index (χ3n) is 3.04. The van der Waals surface area contributed by atoms with Crippen molar-refractivity contribution < 1.29 is 5.11 Å². The van der Waals surface area contributed by atoms with Crippen LogP contribution in [0.1, 0.15) is 18.4 Å². The van der Waals surface area contributed by atoms with Gasteiger partial charge in [-0.1, -0.05) is 23.2 Å². The minimum atomic E-state index is 0.121. The molecule has 1 saturated heterocycles. The van der Waals surface area contributed by atoms with Crippen LogP contribution in [0.2, 0.25) is 10.0 Å². The van der Waals surface area contributed by atoms with Crippen LogP contribution in [0.15, 0.2) is 12.1 Å².